The van der Waals surface area contributed by atoms with Crippen LogP contribution in [0, 0.1) is 6.92 Å². The monoisotopic (exact) mass is 199 g/mol. The largest absolute Gasteiger partial charge is 0.296 e. The van der Waals surface area contributed by atoms with Crippen LogP contribution in [0.3, 0.4) is 0 Å². The molecule has 0 N–H and O–H groups in total. The molecule has 0 bridgehead atoms. The smallest absolute Gasteiger partial charge is 0.0278 e. The van der Waals surface area contributed by atoms with Crippen molar-refractivity contribution < 1.29 is 0 Å². The van der Waals surface area contributed by atoms with Gasteiger partial charge in [-0.25, -0.2) is 0 Å². The van der Waals surface area contributed by atoms with Gasteiger partial charge < -0.3 is 0 Å². The lowest BCUT2D eigenvalue weighted by molar-refractivity contribution is 1.46. The van der Waals surface area contributed by atoms with E-state index < -0.39 is 0 Å². The minimum absolute atomic E-state index is 1.12. The van der Waals surface area contributed by atoms with E-state index in [0.29, 0.717) is 0 Å². The molecule has 1 nitrogen and oxygen atoms in total. The molecule has 0 atom stereocenters. The summed E-state index contributed by atoms with van der Waals surface area (Å²) >= 11 is 0. The van der Waals surface area contributed by atoms with E-state index in [1.807, 2.05) is 19.2 Å². The van der Waals surface area contributed by atoms with Gasteiger partial charge in [0.15, 0.2) is 0 Å². The van der Waals surface area contributed by atoms with Crippen LogP contribution in [0.2, 0.25) is 0 Å². The summed E-state index contributed by atoms with van der Waals surface area (Å²) in [7, 11) is 1.78. The summed E-state index contributed by atoms with van der Waals surface area (Å²) in [6.45, 7) is 4.10. The molecule has 0 saturated heterocycles. The third kappa shape index (κ3) is 3.94. The Morgan fingerprint density at radius 1 is 1.20 bits per heavy atom. The molecule has 0 fully saturated rings. The van der Waals surface area contributed by atoms with E-state index in [0.717, 1.165) is 5.57 Å². The van der Waals surface area contributed by atoms with E-state index >= 15 is 0 Å². The number of hydrogen-bond acceptors (Lipinski definition) is 1. The number of aryl methyl sites for hydroxylation is 1. The highest BCUT2D eigenvalue weighted by Crippen LogP contribution is 2.06. The van der Waals surface area contributed by atoms with Gasteiger partial charge in [-0.2, -0.15) is 0 Å². The van der Waals surface area contributed by atoms with Gasteiger partial charge in [0.05, 0.1) is 0 Å². The SMILES string of the molecule is C/C=C(C=NC)/C=C/c1ccc(C)cc1. The van der Waals surface area contributed by atoms with Gasteiger partial charge in [-0.3, -0.25) is 4.99 Å². The molecular formula is C14H17N. The quantitative estimate of drug-likeness (QED) is 0.520. The molecule has 1 heteroatoms. The van der Waals surface area contributed by atoms with E-state index in [1.165, 1.54) is 11.1 Å². The van der Waals surface area contributed by atoms with Crippen LogP contribution in [0.25, 0.3) is 6.08 Å². The molecule has 0 aromatic heterocycles. The number of benzene rings is 1. The first-order valence-corrected chi connectivity index (χ1v) is 5.09. The number of nitrogens with zero attached hydrogens (tertiary/aromatic N) is 1. The number of hydrogen-bond donors (Lipinski definition) is 0. The maximum absolute atomic E-state index is 3.99. The van der Waals surface area contributed by atoms with Crippen molar-refractivity contribution in [3.63, 3.8) is 0 Å². The summed E-state index contributed by atoms with van der Waals surface area (Å²) in [5, 5.41) is 0. The molecule has 0 aliphatic carbocycles. The van der Waals surface area contributed by atoms with Crippen LogP contribution in [0.15, 0.2) is 47.0 Å². The normalized spacial score (nSPS) is 12.9. The average molecular weight is 199 g/mol. The highest BCUT2D eigenvalue weighted by Gasteiger charge is 1.87. The Balaban J connectivity index is 2.76. The predicted octanol–water partition coefficient (Wildman–Crippen LogP) is 3.66. The second-order valence-corrected chi connectivity index (χ2v) is 3.42. The Hall–Kier alpha value is -1.63. The Kier molecular flexibility index (Phi) is 4.55. The lowest BCUT2D eigenvalue weighted by atomic mass is 10.1. The fraction of sp³-hybridized carbons (Fsp3) is 0.214. The molecule has 0 aliphatic rings. The molecule has 1 aromatic rings. The van der Waals surface area contributed by atoms with Gasteiger partial charge in [0.25, 0.3) is 0 Å². The van der Waals surface area contributed by atoms with E-state index in [-0.39, 0.29) is 0 Å². The maximum Gasteiger partial charge on any atom is 0.0278 e. The summed E-state index contributed by atoms with van der Waals surface area (Å²) in [5.74, 6) is 0. The van der Waals surface area contributed by atoms with Gasteiger partial charge in [-0.05, 0) is 25.0 Å². The van der Waals surface area contributed by atoms with Gasteiger partial charge in [0, 0.05) is 13.3 Å². The first kappa shape index (κ1) is 11.4. The lowest BCUT2D eigenvalue weighted by Crippen LogP contribution is -1.79. The van der Waals surface area contributed by atoms with Crippen molar-refractivity contribution in [2.45, 2.75) is 13.8 Å². The van der Waals surface area contributed by atoms with Gasteiger partial charge in [-0.15, -0.1) is 0 Å². The Morgan fingerprint density at radius 3 is 2.40 bits per heavy atom. The standard InChI is InChI=1S/C14H17N/c1-4-13(11-15-3)9-10-14-7-5-12(2)6-8-14/h4-11H,1-3H3/b10-9+,13-4-,15-11?. The van der Waals surface area contributed by atoms with Crippen molar-refractivity contribution in [1.82, 2.24) is 0 Å². The van der Waals surface area contributed by atoms with Crippen LogP contribution in [-0.4, -0.2) is 13.3 Å². The molecule has 0 radical (unpaired) electrons. The minimum atomic E-state index is 1.12. The van der Waals surface area contributed by atoms with Crippen molar-refractivity contribution in [2.75, 3.05) is 7.05 Å². The summed E-state index contributed by atoms with van der Waals surface area (Å²) in [6.07, 6.45) is 8.05. The maximum atomic E-state index is 3.99. The molecule has 0 saturated carbocycles. The zero-order chi connectivity index (χ0) is 11.1. The van der Waals surface area contributed by atoms with Crippen LogP contribution in [0.4, 0.5) is 0 Å². The minimum Gasteiger partial charge on any atom is -0.296 e. The average Bonchev–Trinajstić information content (AvgIpc) is 2.26. The van der Waals surface area contributed by atoms with Crippen molar-refractivity contribution in [3.05, 3.63) is 53.1 Å². The summed E-state index contributed by atoms with van der Waals surface area (Å²) in [5.41, 5.74) is 3.62. The van der Waals surface area contributed by atoms with Gasteiger partial charge in [0.2, 0.25) is 0 Å². The fourth-order valence-corrected chi connectivity index (χ4v) is 1.23. The second-order valence-electron chi connectivity index (χ2n) is 3.42. The highest BCUT2D eigenvalue weighted by atomic mass is 14.6. The molecule has 0 unspecified atom stereocenters. The van der Waals surface area contributed by atoms with E-state index in [4.69, 9.17) is 0 Å². The molecule has 0 heterocycles. The highest BCUT2D eigenvalue weighted by molar-refractivity contribution is 5.83. The summed E-state index contributed by atoms with van der Waals surface area (Å²) in [4.78, 5) is 3.99. The number of rotatable bonds is 3. The van der Waals surface area contributed by atoms with E-state index in [2.05, 4.69) is 48.3 Å². The topological polar surface area (TPSA) is 12.4 Å². The molecule has 15 heavy (non-hydrogen) atoms. The van der Waals surface area contributed by atoms with Crippen molar-refractivity contribution in [2.24, 2.45) is 4.99 Å². The van der Waals surface area contributed by atoms with Crippen molar-refractivity contribution >= 4 is 12.3 Å². The fourth-order valence-electron chi connectivity index (χ4n) is 1.23. The van der Waals surface area contributed by atoms with E-state index in [1.54, 1.807) is 7.05 Å². The Labute approximate surface area is 91.9 Å². The molecule has 78 valence electrons. The van der Waals surface area contributed by atoms with E-state index in [9.17, 15) is 0 Å². The van der Waals surface area contributed by atoms with Crippen molar-refractivity contribution in [1.29, 1.82) is 0 Å². The molecule has 0 aliphatic heterocycles. The zero-order valence-electron chi connectivity index (χ0n) is 9.57. The Morgan fingerprint density at radius 2 is 1.87 bits per heavy atom. The van der Waals surface area contributed by atoms with Crippen LogP contribution in [0.1, 0.15) is 18.1 Å². The van der Waals surface area contributed by atoms with Gasteiger partial charge >= 0.3 is 0 Å². The molecular weight excluding hydrogens is 182 g/mol. The zero-order valence-corrected chi connectivity index (χ0v) is 9.57. The van der Waals surface area contributed by atoms with Crippen LogP contribution in [-0.2, 0) is 0 Å². The molecule has 0 amide bonds. The summed E-state index contributed by atoms with van der Waals surface area (Å²) in [6, 6.07) is 8.45. The number of allylic oxidation sites excluding steroid dienone is 3. The van der Waals surface area contributed by atoms with Gasteiger partial charge in [0.1, 0.15) is 0 Å². The first-order chi connectivity index (χ1) is 7.26. The second kappa shape index (κ2) is 5.97. The first-order valence-electron chi connectivity index (χ1n) is 5.09. The van der Waals surface area contributed by atoms with Crippen LogP contribution in [0.5, 0.6) is 0 Å². The third-order valence-corrected chi connectivity index (χ3v) is 2.16. The number of aliphatic imine (C=N–C) groups is 1. The lowest BCUT2D eigenvalue weighted by Gasteiger charge is -1.95. The molecule has 1 aromatic carbocycles. The van der Waals surface area contributed by atoms with Crippen molar-refractivity contribution in [3.8, 4) is 0 Å². The third-order valence-electron chi connectivity index (χ3n) is 2.16. The van der Waals surface area contributed by atoms with Gasteiger partial charge in [-0.1, -0.05) is 48.1 Å². The Bertz CT molecular complexity index is 380. The predicted molar refractivity (Wildman–Crippen MR) is 68.4 cm³/mol. The summed E-state index contributed by atoms with van der Waals surface area (Å²) < 4.78 is 0. The van der Waals surface area contributed by atoms with Crippen LogP contribution < -0.4 is 0 Å². The van der Waals surface area contributed by atoms with Crippen LogP contribution >= 0.6 is 0 Å². The molecule has 0 spiro atoms. The molecule has 1 rings (SSSR count).